The first-order valence-corrected chi connectivity index (χ1v) is 11.2. The lowest BCUT2D eigenvalue weighted by Gasteiger charge is -2.24. The molecule has 0 saturated carbocycles. The Balaban J connectivity index is 1.75. The van der Waals surface area contributed by atoms with Crippen LogP contribution in [-0.4, -0.2) is 23.6 Å². The number of aromatic amines is 1. The van der Waals surface area contributed by atoms with Crippen molar-refractivity contribution in [3.8, 4) is 0 Å². The van der Waals surface area contributed by atoms with Crippen LogP contribution in [0.15, 0.2) is 71.2 Å². The zero-order valence-corrected chi connectivity index (χ0v) is 17.5. The van der Waals surface area contributed by atoms with Crippen molar-refractivity contribution in [2.45, 2.75) is 18.7 Å². The molecule has 9 heteroatoms. The third-order valence-corrected chi connectivity index (χ3v) is 6.66. The number of aryl methyl sites for hydroxylation is 2. The fraction of sp³-hybridized carbons (Fsp3) is 0.100. The monoisotopic (exact) mass is 425 g/mol. The van der Waals surface area contributed by atoms with Crippen molar-refractivity contribution in [2.75, 3.05) is 9.62 Å². The van der Waals surface area contributed by atoms with Crippen LogP contribution in [0.1, 0.15) is 11.1 Å². The van der Waals surface area contributed by atoms with E-state index in [0.29, 0.717) is 10.7 Å². The number of hydrogen-bond donors (Lipinski definition) is 2. The van der Waals surface area contributed by atoms with Crippen LogP contribution in [0, 0.1) is 13.8 Å². The second-order valence-electron chi connectivity index (χ2n) is 6.51. The van der Waals surface area contributed by atoms with Crippen molar-refractivity contribution in [2.24, 2.45) is 0 Å². The molecule has 148 valence electrons. The van der Waals surface area contributed by atoms with Gasteiger partial charge in [0.2, 0.25) is 0 Å². The molecule has 4 aromatic rings. The van der Waals surface area contributed by atoms with Crippen LogP contribution in [0.25, 0.3) is 0 Å². The van der Waals surface area contributed by atoms with E-state index in [1.807, 2.05) is 42.2 Å². The molecule has 0 aliphatic heterocycles. The standard InChI is InChI=1S/C20H19N5O2S2/c1-14-4-3-5-16(12-14)25(19-8-9-22-23-19)17-6-7-18(15(2)13-17)29(26,27)24-20-21-10-11-28-20/h3-13H,1-2H3,(H,21,24)(H,22,23). The van der Waals surface area contributed by atoms with E-state index in [0.717, 1.165) is 22.8 Å². The van der Waals surface area contributed by atoms with Crippen LogP contribution < -0.4 is 9.62 Å². The van der Waals surface area contributed by atoms with Gasteiger partial charge in [-0.25, -0.2) is 13.4 Å². The molecule has 2 aromatic carbocycles. The molecule has 0 aliphatic carbocycles. The molecule has 0 saturated heterocycles. The summed E-state index contributed by atoms with van der Waals surface area (Å²) < 4.78 is 28.1. The van der Waals surface area contributed by atoms with Gasteiger partial charge < -0.3 is 0 Å². The van der Waals surface area contributed by atoms with Gasteiger partial charge in [-0.2, -0.15) is 5.10 Å². The molecule has 29 heavy (non-hydrogen) atoms. The molecule has 4 rings (SSSR count). The lowest BCUT2D eigenvalue weighted by atomic mass is 10.1. The van der Waals surface area contributed by atoms with Crippen LogP contribution in [0.2, 0.25) is 0 Å². The second kappa shape index (κ2) is 7.69. The normalized spacial score (nSPS) is 11.4. The summed E-state index contributed by atoms with van der Waals surface area (Å²) in [5, 5.41) is 9.11. The highest BCUT2D eigenvalue weighted by molar-refractivity contribution is 7.93. The Morgan fingerprint density at radius 3 is 2.52 bits per heavy atom. The van der Waals surface area contributed by atoms with Crippen LogP contribution in [0.4, 0.5) is 22.3 Å². The molecule has 0 bridgehead atoms. The van der Waals surface area contributed by atoms with Gasteiger partial charge in [0.05, 0.1) is 11.1 Å². The van der Waals surface area contributed by atoms with Gasteiger partial charge in [0, 0.05) is 29.0 Å². The fourth-order valence-electron chi connectivity index (χ4n) is 3.09. The number of hydrogen-bond acceptors (Lipinski definition) is 6. The summed E-state index contributed by atoms with van der Waals surface area (Å²) in [7, 11) is -3.72. The quantitative estimate of drug-likeness (QED) is 0.465. The first kappa shape index (κ1) is 19.2. The van der Waals surface area contributed by atoms with Gasteiger partial charge in [-0.1, -0.05) is 12.1 Å². The lowest BCUT2D eigenvalue weighted by Crippen LogP contribution is -2.15. The van der Waals surface area contributed by atoms with Gasteiger partial charge in [-0.3, -0.25) is 14.7 Å². The number of nitrogens with zero attached hydrogens (tertiary/aromatic N) is 3. The minimum atomic E-state index is -3.72. The third kappa shape index (κ3) is 4.01. The maximum atomic E-state index is 12.8. The molecule has 2 N–H and O–H groups in total. The van der Waals surface area contributed by atoms with E-state index in [-0.39, 0.29) is 4.90 Å². The number of thiazole rings is 1. The molecular formula is C20H19N5O2S2. The van der Waals surface area contributed by atoms with Crippen LogP contribution in [-0.2, 0) is 10.0 Å². The van der Waals surface area contributed by atoms with Crippen LogP contribution in [0.5, 0.6) is 0 Å². The summed E-state index contributed by atoms with van der Waals surface area (Å²) in [5.41, 5.74) is 3.52. The van der Waals surface area contributed by atoms with Crippen molar-refractivity contribution >= 4 is 43.7 Å². The van der Waals surface area contributed by atoms with Crippen molar-refractivity contribution in [3.63, 3.8) is 0 Å². The molecule has 0 spiro atoms. The van der Waals surface area contributed by atoms with Gasteiger partial charge in [-0.15, -0.1) is 11.3 Å². The Bertz CT molecular complexity index is 1220. The first-order chi connectivity index (χ1) is 13.9. The molecule has 0 unspecified atom stereocenters. The van der Waals surface area contributed by atoms with Gasteiger partial charge in [0.1, 0.15) is 5.82 Å². The first-order valence-electron chi connectivity index (χ1n) is 8.83. The number of H-pyrrole nitrogens is 1. The fourth-order valence-corrected chi connectivity index (χ4v) is 5.10. The maximum absolute atomic E-state index is 12.8. The molecule has 0 fully saturated rings. The summed E-state index contributed by atoms with van der Waals surface area (Å²) in [6.07, 6.45) is 3.24. The largest absolute Gasteiger partial charge is 0.295 e. The minimum Gasteiger partial charge on any atom is -0.295 e. The molecular weight excluding hydrogens is 406 g/mol. The Morgan fingerprint density at radius 2 is 1.86 bits per heavy atom. The Morgan fingerprint density at radius 1 is 1.03 bits per heavy atom. The molecule has 0 atom stereocenters. The predicted molar refractivity (Wildman–Crippen MR) is 116 cm³/mol. The number of nitrogens with one attached hydrogen (secondary N) is 2. The summed E-state index contributed by atoms with van der Waals surface area (Å²) in [6, 6.07) is 15.2. The van der Waals surface area contributed by atoms with Gasteiger partial charge in [-0.05, 0) is 55.3 Å². The summed E-state index contributed by atoms with van der Waals surface area (Å²) in [6.45, 7) is 3.81. The number of aromatic nitrogens is 3. The van der Waals surface area contributed by atoms with Crippen LogP contribution >= 0.6 is 11.3 Å². The Labute approximate surface area is 173 Å². The average molecular weight is 426 g/mol. The van der Waals surface area contributed by atoms with Crippen molar-refractivity contribution in [1.82, 2.24) is 15.2 Å². The topological polar surface area (TPSA) is 91.0 Å². The molecule has 0 radical (unpaired) electrons. The Kier molecular flexibility index (Phi) is 5.08. The summed E-state index contributed by atoms with van der Waals surface area (Å²) in [4.78, 5) is 6.20. The molecule has 2 heterocycles. The zero-order valence-electron chi connectivity index (χ0n) is 15.8. The van der Waals surface area contributed by atoms with E-state index >= 15 is 0 Å². The number of anilines is 4. The highest BCUT2D eigenvalue weighted by Crippen LogP contribution is 2.35. The van der Waals surface area contributed by atoms with E-state index in [1.165, 1.54) is 11.3 Å². The third-order valence-electron chi connectivity index (χ3n) is 4.35. The molecule has 0 aliphatic rings. The maximum Gasteiger partial charge on any atom is 0.263 e. The average Bonchev–Trinajstić information content (AvgIpc) is 3.36. The van der Waals surface area contributed by atoms with Crippen molar-refractivity contribution < 1.29 is 8.42 Å². The molecule has 7 nitrogen and oxygen atoms in total. The predicted octanol–water partition coefficient (Wildman–Crippen LogP) is 4.75. The van der Waals surface area contributed by atoms with E-state index in [1.54, 1.807) is 36.8 Å². The van der Waals surface area contributed by atoms with Crippen molar-refractivity contribution in [1.29, 1.82) is 0 Å². The minimum absolute atomic E-state index is 0.213. The van der Waals surface area contributed by atoms with E-state index in [9.17, 15) is 8.42 Å². The summed E-state index contributed by atoms with van der Waals surface area (Å²) in [5.74, 6) is 0.784. The smallest absolute Gasteiger partial charge is 0.263 e. The lowest BCUT2D eigenvalue weighted by molar-refractivity contribution is 0.600. The van der Waals surface area contributed by atoms with Crippen molar-refractivity contribution in [3.05, 3.63) is 77.4 Å². The SMILES string of the molecule is Cc1cccc(N(c2ccc(S(=O)(=O)Nc3nccs3)c(C)c2)c2ccn[nH]2)c1. The van der Waals surface area contributed by atoms with E-state index in [4.69, 9.17) is 0 Å². The number of benzene rings is 2. The second-order valence-corrected chi connectivity index (χ2v) is 9.05. The van der Waals surface area contributed by atoms with Crippen LogP contribution in [0.3, 0.4) is 0 Å². The van der Waals surface area contributed by atoms with E-state index in [2.05, 4.69) is 26.0 Å². The summed E-state index contributed by atoms with van der Waals surface area (Å²) >= 11 is 1.23. The highest BCUT2D eigenvalue weighted by atomic mass is 32.2. The zero-order chi connectivity index (χ0) is 20.4. The molecule has 0 amide bonds. The molecule has 2 aromatic heterocycles. The Hall–Kier alpha value is -3.17. The van der Waals surface area contributed by atoms with Gasteiger partial charge >= 0.3 is 0 Å². The number of rotatable bonds is 6. The number of sulfonamides is 1. The van der Waals surface area contributed by atoms with Gasteiger partial charge in [0.25, 0.3) is 10.0 Å². The van der Waals surface area contributed by atoms with E-state index < -0.39 is 10.0 Å². The van der Waals surface area contributed by atoms with Gasteiger partial charge in [0.15, 0.2) is 5.13 Å². The highest BCUT2D eigenvalue weighted by Gasteiger charge is 2.21.